The van der Waals surface area contributed by atoms with Crippen molar-refractivity contribution < 1.29 is 8.78 Å². The maximum Gasteiger partial charge on any atom is 0.229 e. The minimum atomic E-state index is -0.621. The molecule has 2 N–H and O–H groups in total. The molecule has 0 spiro atoms. The van der Waals surface area contributed by atoms with Crippen LogP contribution in [0.15, 0.2) is 36.7 Å². The van der Waals surface area contributed by atoms with Gasteiger partial charge >= 0.3 is 0 Å². The Morgan fingerprint density at radius 3 is 2.63 bits per heavy atom. The third-order valence-corrected chi connectivity index (χ3v) is 7.20. The van der Waals surface area contributed by atoms with Crippen LogP contribution >= 0.6 is 0 Å². The number of aromatic nitrogens is 5. The smallest absolute Gasteiger partial charge is 0.229 e. The summed E-state index contributed by atoms with van der Waals surface area (Å²) in [6.07, 6.45) is 6.87. The topological polar surface area (TPSA) is 80.6 Å². The van der Waals surface area contributed by atoms with Crippen molar-refractivity contribution in [3.63, 3.8) is 0 Å². The summed E-state index contributed by atoms with van der Waals surface area (Å²) in [6, 6.07) is 7.00. The maximum atomic E-state index is 15.0. The number of nitrogens with zero attached hydrogens (tertiary/aromatic N) is 5. The molecule has 180 valence electrons. The van der Waals surface area contributed by atoms with Crippen LogP contribution in [-0.4, -0.2) is 37.6 Å². The van der Waals surface area contributed by atoms with Crippen molar-refractivity contribution in [3.8, 4) is 11.3 Å². The van der Waals surface area contributed by atoms with E-state index in [1.54, 1.807) is 6.07 Å². The van der Waals surface area contributed by atoms with Gasteiger partial charge in [0.05, 0.1) is 11.7 Å². The van der Waals surface area contributed by atoms with E-state index in [9.17, 15) is 4.39 Å². The zero-order valence-electron chi connectivity index (χ0n) is 19.8. The summed E-state index contributed by atoms with van der Waals surface area (Å²) < 4.78 is 31.9. The Kier molecular flexibility index (Phi) is 5.25. The highest BCUT2D eigenvalue weighted by Crippen LogP contribution is 2.38. The van der Waals surface area contributed by atoms with Crippen molar-refractivity contribution in [1.29, 1.82) is 0 Å². The molecule has 1 aromatic carbocycles. The fourth-order valence-electron chi connectivity index (χ4n) is 5.31. The number of anilines is 2. The number of halogens is 2. The van der Waals surface area contributed by atoms with E-state index in [0.717, 1.165) is 50.8 Å². The summed E-state index contributed by atoms with van der Waals surface area (Å²) in [6.45, 7) is 6.24. The lowest BCUT2D eigenvalue weighted by Crippen LogP contribution is -2.26. The molecule has 3 aromatic heterocycles. The molecule has 35 heavy (non-hydrogen) atoms. The lowest BCUT2D eigenvalue weighted by atomic mass is 9.91. The molecule has 1 saturated heterocycles. The van der Waals surface area contributed by atoms with Crippen molar-refractivity contribution in [2.45, 2.75) is 51.0 Å². The predicted molar refractivity (Wildman–Crippen MR) is 131 cm³/mol. The highest BCUT2D eigenvalue weighted by molar-refractivity contribution is 5.83. The molecule has 0 aliphatic carbocycles. The molecule has 0 saturated carbocycles. The lowest BCUT2D eigenvalue weighted by molar-refractivity contribution is 0.386. The zero-order chi connectivity index (χ0) is 24.2. The van der Waals surface area contributed by atoms with Crippen LogP contribution < -0.4 is 10.6 Å². The number of fused-ring (bicyclic) bond motifs is 3. The fourth-order valence-corrected chi connectivity index (χ4v) is 5.31. The van der Waals surface area contributed by atoms with Crippen LogP contribution in [0.2, 0.25) is 0 Å². The van der Waals surface area contributed by atoms with Crippen molar-refractivity contribution in [2.75, 3.05) is 18.4 Å². The molecular weight excluding hydrogens is 448 g/mol. The van der Waals surface area contributed by atoms with Crippen LogP contribution in [0.3, 0.4) is 0 Å². The number of imidazole rings is 1. The van der Waals surface area contributed by atoms with E-state index in [0.29, 0.717) is 28.3 Å². The summed E-state index contributed by atoms with van der Waals surface area (Å²) in [5, 5.41) is 6.42. The number of benzene rings is 1. The fraction of sp³-hybridized carbons (Fsp3) is 0.385. The van der Waals surface area contributed by atoms with Gasteiger partial charge in [0.15, 0.2) is 11.6 Å². The largest absolute Gasteiger partial charge is 0.322 e. The van der Waals surface area contributed by atoms with Gasteiger partial charge < -0.3 is 15.2 Å². The zero-order valence-corrected chi connectivity index (χ0v) is 19.8. The van der Waals surface area contributed by atoms with E-state index in [1.807, 2.05) is 12.3 Å². The second-order valence-corrected chi connectivity index (χ2v) is 10.0. The normalized spacial score (nSPS) is 17.6. The van der Waals surface area contributed by atoms with Crippen LogP contribution in [0.4, 0.5) is 20.5 Å². The van der Waals surface area contributed by atoms with E-state index in [4.69, 9.17) is 0 Å². The molecule has 0 unspecified atom stereocenters. The van der Waals surface area contributed by atoms with E-state index in [2.05, 4.69) is 55.1 Å². The molecule has 6 rings (SSSR count). The molecule has 5 heterocycles. The molecule has 7 nitrogen and oxygen atoms in total. The van der Waals surface area contributed by atoms with E-state index < -0.39 is 11.6 Å². The average molecular weight is 476 g/mol. The number of aryl methyl sites for hydroxylation is 1. The van der Waals surface area contributed by atoms with Crippen LogP contribution in [0.25, 0.3) is 22.3 Å². The third kappa shape index (κ3) is 3.93. The Labute approximate surface area is 202 Å². The molecule has 9 heteroatoms. The van der Waals surface area contributed by atoms with Gasteiger partial charge in [0, 0.05) is 23.7 Å². The SMILES string of the molecule is CC1(C)CCc2nc3c(F)cc(-c4nc(Nc5ccc(C6CCNCC6)cn5)ncc4F)cc3n21. The van der Waals surface area contributed by atoms with Gasteiger partial charge in [-0.3, -0.25) is 0 Å². The third-order valence-electron chi connectivity index (χ3n) is 7.20. The van der Waals surface area contributed by atoms with Crippen LogP contribution in [0, 0.1) is 11.6 Å². The number of piperidine rings is 1. The molecule has 0 amide bonds. The first kappa shape index (κ1) is 22.0. The monoisotopic (exact) mass is 475 g/mol. The average Bonchev–Trinajstić information content (AvgIpc) is 3.39. The number of rotatable bonds is 4. The minimum absolute atomic E-state index is 0.0287. The molecule has 2 aliphatic rings. The van der Waals surface area contributed by atoms with Gasteiger partial charge in [-0.05, 0) is 75.9 Å². The van der Waals surface area contributed by atoms with E-state index in [1.165, 1.54) is 11.6 Å². The van der Waals surface area contributed by atoms with E-state index in [-0.39, 0.29) is 17.2 Å². The standard InChI is InChI=1S/C26H27F2N7/c1-26(2)8-5-22-33-24-18(27)11-17(12-20(24)35(22)26)23-19(28)14-31-25(34-23)32-21-4-3-16(13-30-21)15-6-9-29-10-7-15/h3-4,11-15,29H,5-10H2,1-2H3,(H,30,31,32,34). The summed E-state index contributed by atoms with van der Waals surface area (Å²) in [5.74, 6) is 1.01. The van der Waals surface area contributed by atoms with Gasteiger partial charge in [0.1, 0.15) is 22.9 Å². The quantitative estimate of drug-likeness (QED) is 0.430. The minimum Gasteiger partial charge on any atom is -0.322 e. The van der Waals surface area contributed by atoms with Crippen molar-refractivity contribution in [3.05, 3.63) is 59.7 Å². The van der Waals surface area contributed by atoms with Gasteiger partial charge in [-0.25, -0.2) is 28.7 Å². The van der Waals surface area contributed by atoms with Gasteiger partial charge in [-0.2, -0.15) is 0 Å². The summed E-state index contributed by atoms with van der Waals surface area (Å²) >= 11 is 0. The Hall–Kier alpha value is -3.46. The van der Waals surface area contributed by atoms with Crippen LogP contribution in [0.5, 0.6) is 0 Å². The van der Waals surface area contributed by atoms with Gasteiger partial charge in [-0.15, -0.1) is 0 Å². The second kappa shape index (κ2) is 8.34. The van der Waals surface area contributed by atoms with Gasteiger partial charge in [0.2, 0.25) is 5.95 Å². The molecule has 2 aliphatic heterocycles. The molecule has 0 bridgehead atoms. The van der Waals surface area contributed by atoms with Crippen LogP contribution in [-0.2, 0) is 12.0 Å². The first-order valence-electron chi connectivity index (χ1n) is 12.1. The summed E-state index contributed by atoms with van der Waals surface area (Å²) in [5.41, 5.74) is 2.36. The van der Waals surface area contributed by atoms with E-state index >= 15 is 4.39 Å². The summed E-state index contributed by atoms with van der Waals surface area (Å²) in [7, 11) is 0. The van der Waals surface area contributed by atoms with Crippen molar-refractivity contribution in [2.24, 2.45) is 0 Å². The van der Waals surface area contributed by atoms with Crippen molar-refractivity contribution in [1.82, 2.24) is 29.8 Å². The maximum absolute atomic E-state index is 15.0. The molecule has 0 atom stereocenters. The van der Waals surface area contributed by atoms with Crippen LogP contribution in [0.1, 0.15) is 50.4 Å². The predicted octanol–water partition coefficient (Wildman–Crippen LogP) is 5.06. The van der Waals surface area contributed by atoms with Gasteiger partial charge in [-0.1, -0.05) is 6.07 Å². The van der Waals surface area contributed by atoms with Gasteiger partial charge in [0.25, 0.3) is 0 Å². The van der Waals surface area contributed by atoms with Crippen molar-refractivity contribution >= 4 is 22.8 Å². The molecule has 1 fully saturated rings. The number of pyridine rings is 1. The number of hydrogen-bond donors (Lipinski definition) is 2. The molecule has 4 aromatic rings. The Balaban J connectivity index is 1.32. The first-order valence-corrected chi connectivity index (χ1v) is 12.1. The second-order valence-electron chi connectivity index (χ2n) is 10.0. The Bertz CT molecular complexity index is 1410. The number of hydrogen-bond acceptors (Lipinski definition) is 6. The Morgan fingerprint density at radius 1 is 1.03 bits per heavy atom. The lowest BCUT2D eigenvalue weighted by Gasteiger charge is -2.22. The molecular formula is C26H27F2N7. The molecule has 0 radical (unpaired) electrons. The first-order chi connectivity index (χ1) is 16.9. The summed E-state index contributed by atoms with van der Waals surface area (Å²) in [4.78, 5) is 17.4. The highest BCUT2D eigenvalue weighted by Gasteiger charge is 2.33. The highest BCUT2D eigenvalue weighted by atomic mass is 19.1. The Morgan fingerprint density at radius 2 is 1.86 bits per heavy atom. The number of nitrogens with one attached hydrogen (secondary N) is 2.